The minimum atomic E-state index is -1.38. The van der Waals surface area contributed by atoms with Crippen LogP contribution >= 0.6 is 0 Å². The minimum absolute atomic E-state index is 0.225. The number of Topliss-reactive ketones (excluding diaryl/α,β-unsaturated/α-hetero) is 1. The Morgan fingerprint density at radius 2 is 1.62 bits per heavy atom. The number of nitrogens with zero attached hydrogens (tertiary/aromatic N) is 1. The summed E-state index contributed by atoms with van der Waals surface area (Å²) in [6, 6.07) is 0. The van der Waals surface area contributed by atoms with Gasteiger partial charge in [-0.15, -0.1) is 0 Å². The summed E-state index contributed by atoms with van der Waals surface area (Å²) in [5.74, 6) is 0.362. The number of hydrogen-bond donors (Lipinski definition) is 0. The van der Waals surface area contributed by atoms with Crippen LogP contribution in [0.25, 0.3) is 0 Å². The molecular formula is C18H34FNO. The first-order chi connectivity index (χ1) is 9.69. The van der Waals surface area contributed by atoms with E-state index in [1.807, 2.05) is 20.9 Å². The summed E-state index contributed by atoms with van der Waals surface area (Å²) in [6.07, 6.45) is 1.26. The van der Waals surface area contributed by atoms with E-state index in [0.717, 1.165) is 0 Å². The second-order valence-corrected chi connectivity index (χ2v) is 5.62. The molecule has 0 radical (unpaired) electrons. The Balaban J connectivity index is 0. The van der Waals surface area contributed by atoms with Crippen molar-refractivity contribution >= 4 is 11.5 Å². The SMILES string of the molecule is CC.CCC(=O)C1(F)CC1.CN=C(C)C(=C(C)C)C(C)C. The van der Waals surface area contributed by atoms with Gasteiger partial charge in [-0.1, -0.05) is 40.2 Å². The van der Waals surface area contributed by atoms with E-state index in [0.29, 0.717) is 25.2 Å². The molecular weight excluding hydrogens is 265 g/mol. The van der Waals surface area contributed by atoms with Crippen molar-refractivity contribution in [3.05, 3.63) is 11.1 Å². The van der Waals surface area contributed by atoms with E-state index >= 15 is 0 Å². The summed E-state index contributed by atoms with van der Waals surface area (Å²) in [6.45, 7) is 16.5. The van der Waals surface area contributed by atoms with Crippen LogP contribution in [0.3, 0.4) is 0 Å². The fourth-order valence-corrected chi connectivity index (χ4v) is 2.18. The second-order valence-electron chi connectivity index (χ2n) is 5.62. The molecule has 0 unspecified atom stereocenters. The highest BCUT2D eigenvalue weighted by Gasteiger charge is 2.49. The zero-order valence-electron chi connectivity index (χ0n) is 15.4. The first-order valence-corrected chi connectivity index (χ1v) is 8.03. The van der Waals surface area contributed by atoms with Gasteiger partial charge < -0.3 is 0 Å². The molecule has 0 aromatic carbocycles. The molecule has 21 heavy (non-hydrogen) atoms. The molecule has 0 N–H and O–H groups in total. The van der Waals surface area contributed by atoms with Crippen molar-refractivity contribution in [2.24, 2.45) is 10.9 Å². The number of allylic oxidation sites excluding steroid dienone is 2. The number of aliphatic imine (C=N–C) groups is 1. The fourth-order valence-electron chi connectivity index (χ4n) is 2.18. The van der Waals surface area contributed by atoms with Gasteiger partial charge in [0.2, 0.25) is 0 Å². The van der Waals surface area contributed by atoms with Crippen molar-refractivity contribution in [2.75, 3.05) is 7.05 Å². The molecule has 1 saturated carbocycles. The Morgan fingerprint density at radius 1 is 1.19 bits per heavy atom. The van der Waals surface area contributed by atoms with E-state index in [4.69, 9.17) is 0 Å². The molecule has 124 valence electrons. The van der Waals surface area contributed by atoms with E-state index in [-0.39, 0.29) is 5.78 Å². The van der Waals surface area contributed by atoms with E-state index in [2.05, 4.69) is 39.6 Å². The molecule has 0 atom stereocenters. The maximum absolute atomic E-state index is 12.5. The molecule has 0 aromatic rings. The van der Waals surface area contributed by atoms with Crippen molar-refractivity contribution in [1.29, 1.82) is 0 Å². The van der Waals surface area contributed by atoms with Gasteiger partial charge in [0.15, 0.2) is 11.5 Å². The van der Waals surface area contributed by atoms with Crippen LogP contribution in [-0.2, 0) is 4.79 Å². The average Bonchev–Trinajstić information content (AvgIpc) is 3.19. The molecule has 1 aliphatic rings. The van der Waals surface area contributed by atoms with Crippen molar-refractivity contribution in [2.45, 2.75) is 80.3 Å². The summed E-state index contributed by atoms with van der Waals surface area (Å²) >= 11 is 0. The van der Waals surface area contributed by atoms with Gasteiger partial charge in [0, 0.05) is 19.2 Å². The van der Waals surface area contributed by atoms with Gasteiger partial charge in [0.1, 0.15) is 0 Å². The first-order valence-electron chi connectivity index (χ1n) is 8.03. The number of hydrogen-bond acceptors (Lipinski definition) is 2. The Morgan fingerprint density at radius 3 is 1.71 bits per heavy atom. The molecule has 0 spiro atoms. The highest BCUT2D eigenvalue weighted by molar-refractivity contribution is 5.99. The zero-order chi connectivity index (χ0) is 17.2. The molecule has 0 heterocycles. The van der Waals surface area contributed by atoms with Crippen LogP contribution in [0.5, 0.6) is 0 Å². The summed E-state index contributed by atoms with van der Waals surface area (Å²) in [7, 11) is 1.85. The molecule has 1 fully saturated rings. The van der Waals surface area contributed by atoms with Gasteiger partial charge in [-0.05, 0) is 45.1 Å². The van der Waals surface area contributed by atoms with Crippen LogP contribution in [0.4, 0.5) is 4.39 Å². The third kappa shape index (κ3) is 8.13. The lowest BCUT2D eigenvalue weighted by atomic mass is 9.95. The Bertz CT molecular complexity index is 373. The predicted octanol–water partition coefficient (Wildman–Crippen LogP) is 5.56. The van der Waals surface area contributed by atoms with E-state index in [9.17, 15) is 9.18 Å². The van der Waals surface area contributed by atoms with E-state index in [1.165, 1.54) is 16.9 Å². The molecule has 0 aliphatic heterocycles. The minimum Gasteiger partial charge on any atom is -0.296 e. The normalized spacial score (nSPS) is 15.3. The number of rotatable bonds is 4. The largest absolute Gasteiger partial charge is 0.296 e. The third-order valence-electron chi connectivity index (χ3n) is 3.35. The van der Waals surface area contributed by atoms with Gasteiger partial charge in [-0.25, -0.2) is 4.39 Å². The van der Waals surface area contributed by atoms with Crippen LogP contribution < -0.4 is 0 Å². The summed E-state index contributed by atoms with van der Waals surface area (Å²) < 4.78 is 12.5. The lowest BCUT2D eigenvalue weighted by molar-refractivity contribution is -0.124. The highest BCUT2D eigenvalue weighted by Crippen LogP contribution is 2.41. The Labute approximate surface area is 130 Å². The van der Waals surface area contributed by atoms with Crippen LogP contribution in [0.1, 0.15) is 74.7 Å². The second kappa shape index (κ2) is 10.7. The predicted molar refractivity (Wildman–Crippen MR) is 92.0 cm³/mol. The molecule has 0 saturated heterocycles. The van der Waals surface area contributed by atoms with Crippen molar-refractivity contribution in [3.8, 4) is 0 Å². The van der Waals surface area contributed by atoms with Gasteiger partial charge >= 0.3 is 0 Å². The zero-order valence-corrected chi connectivity index (χ0v) is 15.4. The fraction of sp³-hybridized carbons (Fsp3) is 0.778. The Kier molecular flexibility index (Phi) is 11.4. The Hall–Kier alpha value is -0.990. The molecule has 1 rings (SSSR count). The van der Waals surface area contributed by atoms with Gasteiger partial charge in [-0.3, -0.25) is 9.79 Å². The molecule has 0 amide bonds. The average molecular weight is 299 g/mol. The molecule has 0 aromatic heterocycles. The summed E-state index contributed by atoms with van der Waals surface area (Å²) in [4.78, 5) is 14.7. The first kappa shape index (κ1) is 22.3. The monoisotopic (exact) mass is 299 g/mol. The third-order valence-corrected chi connectivity index (χ3v) is 3.35. The van der Waals surface area contributed by atoms with E-state index < -0.39 is 5.67 Å². The lowest BCUT2D eigenvalue weighted by Gasteiger charge is -2.12. The molecule has 3 heteroatoms. The standard InChI is InChI=1S/C10H19N.C6H9FO.C2H6/c1-7(2)10(8(3)4)9(5)11-6;1-2-5(8)6(7)3-4-6;1-2/h7H,1-6H3;2-4H2,1H3;1-2H3. The lowest BCUT2D eigenvalue weighted by Crippen LogP contribution is -2.14. The number of halogens is 1. The number of alkyl halides is 1. The topological polar surface area (TPSA) is 29.4 Å². The van der Waals surface area contributed by atoms with Gasteiger partial charge in [0.25, 0.3) is 0 Å². The molecule has 0 bridgehead atoms. The smallest absolute Gasteiger partial charge is 0.169 e. The van der Waals surface area contributed by atoms with Crippen molar-refractivity contribution in [1.82, 2.24) is 0 Å². The van der Waals surface area contributed by atoms with Gasteiger partial charge in [0.05, 0.1) is 0 Å². The summed E-state index contributed by atoms with van der Waals surface area (Å²) in [5.41, 5.74) is 2.56. The maximum atomic E-state index is 12.5. The van der Waals surface area contributed by atoms with Gasteiger partial charge in [-0.2, -0.15) is 0 Å². The van der Waals surface area contributed by atoms with Crippen molar-refractivity contribution in [3.63, 3.8) is 0 Å². The highest BCUT2D eigenvalue weighted by atomic mass is 19.1. The number of ketones is 1. The number of carbonyl (C=O) groups excluding carboxylic acids is 1. The van der Waals surface area contributed by atoms with Crippen molar-refractivity contribution < 1.29 is 9.18 Å². The van der Waals surface area contributed by atoms with E-state index in [1.54, 1.807) is 6.92 Å². The van der Waals surface area contributed by atoms with Crippen LogP contribution in [0.15, 0.2) is 16.1 Å². The summed E-state index contributed by atoms with van der Waals surface area (Å²) in [5, 5.41) is 0. The van der Waals surface area contributed by atoms with Crippen LogP contribution in [0.2, 0.25) is 0 Å². The molecule has 2 nitrogen and oxygen atoms in total. The maximum Gasteiger partial charge on any atom is 0.169 e. The van der Waals surface area contributed by atoms with Crippen LogP contribution in [0, 0.1) is 5.92 Å². The number of carbonyl (C=O) groups is 1. The van der Waals surface area contributed by atoms with Crippen LogP contribution in [-0.4, -0.2) is 24.2 Å². The quantitative estimate of drug-likeness (QED) is 0.624. The molecule has 1 aliphatic carbocycles.